The van der Waals surface area contributed by atoms with Crippen molar-refractivity contribution in [2.24, 2.45) is 11.8 Å². The van der Waals surface area contributed by atoms with Crippen molar-refractivity contribution in [3.8, 4) is 0 Å². The van der Waals surface area contributed by atoms with Crippen LogP contribution in [0.1, 0.15) is 74.6 Å². The molecule has 4 atom stereocenters. The molecule has 1 fully saturated rings. The number of nitrogens with zero attached hydrogens (tertiary/aromatic N) is 1. The van der Waals surface area contributed by atoms with Gasteiger partial charge in [0.2, 0.25) is 0 Å². The van der Waals surface area contributed by atoms with Gasteiger partial charge in [0.1, 0.15) is 0 Å². The number of halogens is 6. The van der Waals surface area contributed by atoms with Gasteiger partial charge in [-0.25, -0.2) is 0 Å². The molecule has 1 N–H and O–H groups in total. The normalized spacial score (nSPS) is 20.3. The van der Waals surface area contributed by atoms with E-state index in [1.807, 2.05) is 42.2 Å². The van der Waals surface area contributed by atoms with Crippen LogP contribution >= 0.6 is 0 Å². The van der Waals surface area contributed by atoms with E-state index in [1.54, 1.807) is 0 Å². The molecule has 222 valence electrons. The maximum absolute atomic E-state index is 13.3. The number of hydrogen-bond acceptors (Lipinski definition) is 3. The third kappa shape index (κ3) is 10.4. The lowest BCUT2D eigenvalue weighted by Gasteiger charge is -2.44. The van der Waals surface area contributed by atoms with E-state index in [9.17, 15) is 36.2 Å². The highest BCUT2D eigenvalue weighted by Crippen LogP contribution is 2.40. The minimum Gasteiger partial charge on any atom is -0.481 e. The first-order chi connectivity index (χ1) is 18.8. The fourth-order valence-electron chi connectivity index (χ4n) is 5.47. The summed E-state index contributed by atoms with van der Waals surface area (Å²) in [7, 11) is 0. The molecule has 0 saturated carbocycles. The van der Waals surface area contributed by atoms with Crippen molar-refractivity contribution in [3.63, 3.8) is 0 Å². The molecule has 0 radical (unpaired) electrons. The second kappa shape index (κ2) is 14.3. The maximum atomic E-state index is 13.3. The minimum absolute atomic E-state index is 0.0890. The Bertz CT molecular complexity index is 1040. The first kappa shape index (κ1) is 31.9. The third-order valence-electron chi connectivity index (χ3n) is 7.58. The molecule has 1 saturated heterocycles. The zero-order valence-electron chi connectivity index (χ0n) is 22.6. The summed E-state index contributed by atoms with van der Waals surface area (Å²) >= 11 is 0. The molecule has 4 nitrogen and oxygen atoms in total. The Morgan fingerprint density at radius 1 is 1.00 bits per heavy atom. The van der Waals surface area contributed by atoms with E-state index in [4.69, 9.17) is 4.74 Å². The average molecular weight is 574 g/mol. The van der Waals surface area contributed by atoms with Crippen molar-refractivity contribution < 1.29 is 41.0 Å². The van der Waals surface area contributed by atoms with Crippen LogP contribution < -0.4 is 0 Å². The van der Waals surface area contributed by atoms with Crippen molar-refractivity contribution in [2.75, 3.05) is 13.2 Å². The summed E-state index contributed by atoms with van der Waals surface area (Å²) in [6.45, 7) is 3.25. The Hall–Kier alpha value is -2.59. The summed E-state index contributed by atoms with van der Waals surface area (Å²) in [5.41, 5.74) is 0.777. The van der Waals surface area contributed by atoms with Crippen LogP contribution in [0.4, 0.5) is 26.3 Å². The number of rotatable bonds is 13. The highest BCUT2D eigenvalue weighted by atomic mass is 19.4. The number of aliphatic carboxylic acids is 1. The van der Waals surface area contributed by atoms with E-state index in [1.165, 1.54) is 12.1 Å². The molecule has 2 aromatic rings. The van der Waals surface area contributed by atoms with Crippen LogP contribution in [0.5, 0.6) is 0 Å². The molecule has 0 spiro atoms. The average Bonchev–Trinajstić information content (AvgIpc) is 2.88. The van der Waals surface area contributed by atoms with Gasteiger partial charge in [0.25, 0.3) is 0 Å². The molecular weight excluding hydrogens is 536 g/mol. The van der Waals surface area contributed by atoms with Gasteiger partial charge in [-0.05, 0) is 73.7 Å². The zero-order chi connectivity index (χ0) is 29.3. The largest absolute Gasteiger partial charge is 0.481 e. The summed E-state index contributed by atoms with van der Waals surface area (Å²) in [5, 5.41) is 9.31. The molecule has 1 unspecified atom stereocenters. The molecule has 0 aliphatic carbocycles. The Labute approximate surface area is 231 Å². The molecule has 0 bridgehead atoms. The molecule has 0 aromatic heterocycles. The molecule has 2 aromatic carbocycles. The van der Waals surface area contributed by atoms with Crippen LogP contribution in [0.2, 0.25) is 0 Å². The predicted octanol–water partition coefficient (Wildman–Crippen LogP) is 8.28. The second-order valence-corrected chi connectivity index (χ2v) is 10.9. The molecule has 10 heteroatoms. The van der Waals surface area contributed by atoms with E-state index in [2.05, 4.69) is 0 Å². The van der Waals surface area contributed by atoms with Crippen LogP contribution in [-0.2, 0) is 22.3 Å². The molecule has 40 heavy (non-hydrogen) atoms. The minimum atomic E-state index is -4.51. The lowest BCUT2D eigenvalue weighted by molar-refractivity contribution is -0.141. The van der Waals surface area contributed by atoms with Gasteiger partial charge in [0.05, 0.1) is 12.2 Å². The lowest BCUT2D eigenvalue weighted by atomic mass is 9.83. The Balaban J connectivity index is 1.74. The molecule has 3 rings (SSSR count). The monoisotopic (exact) mass is 573 g/mol. The summed E-state index contributed by atoms with van der Waals surface area (Å²) in [5.74, 6) is -1.09. The number of benzene rings is 2. The summed E-state index contributed by atoms with van der Waals surface area (Å²) < 4.78 is 85.1. The second-order valence-electron chi connectivity index (χ2n) is 10.9. The van der Waals surface area contributed by atoms with Crippen LogP contribution in [0.3, 0.4) is 0 Å². The first-order valence-corrected chi connectivity index (χ1v) is 13.6. The molecule has 1 heterocycles. The zero-order valence-corrected chi connectivity index (χ0v) is 22.6. The number of hydrogen-bond donors (Lipinski definition) is 1. The van der Waals surface area contributed by atoms with Crippen LogP contribution in [-0.4, -0.2) is 41.3 Å². The smallest absolute Gasteiger partial charge is 0.416 e. The number of alkyl halides is 6. The highest BCUT2D eigenvalue weighted by Gasteiger charge is 2.37. The van der Waals surface area contributed by atoms with Crippen molar-refractivity contribution >= 4 is 5.97 Å². The lowest BCUT2D eigenvalue weighted by Crippen LogP contribution is -2.44. The van der Waals surface area contributed by atoms with E-state index < -0.39 is 42.4 Å². The highest BCUT2D eigenvalue weighted by molar-refractivity contribution is 5.67. The van der Waals surface area contributed by atoms with Gasteiger partial charge in [-0.3, -0.25) is 9.69 Å². The number of carbonyl (C=O) groups is 1. The van der Waals surface area contributed by atoms with Crippen molar-refractivity contribution in [1.29, 1.82) is 0 Å². The summed E-state index contributed by atoms with van der Waals surface area (Å²) in [6.07, 6.45) is -8.10. The number of carboxylic acids is 1. The van der Waals surface area contributed by atoms with Crippen molar-refractivity contribution in [3.05, 3.63) is 71.3 Å². The van der Waals surface area contributed by atoms with Crippen LogP contribution in [0.15, 0.2) is 54.6 Å². The van der Waals surface area contributed by atoms with E-state index in [0.717, 1.165) is 17.7 Å². The molecule has 1 aliphatic rings. The quantitative estimate of drug-likeness (QED) is 0.245. The van der Waals surface area contributed by atoms with Crippen molar-refractivity contribution in [2.45, 2.75) is 82.9 Å². The van der Waals surface area contributed by atoms with E-state index >= 15 is 0 Å². The van der Waals surface area contributed by atoms with Gasteiger partial charge in [-0.1, -0.05) is 49.4 Å². The van der Waals surface area contributed by atoms with Gasteiger partial charge in [-0.2, -0.15) is 26.3 Å². The molecule has 1 aliphatic heterocycles. The predicted molar refractivity (Wildman–Crippen MR) is 139 cm³/mol. The van der Waals surface area contributed by atoms with E-state index in [-0.39, 0.29) is 24.7 Å². The summed E-state index contributed by atoms with van der Waals surface area (Å²) in [6, 6.07) is 13.4. The topological polar surface area (TPSA) is 49.8 Å². The van der Waals surface area contributed by atoms with Crippen molar-refractivity contribution in [1.82, 2.24) is 4.90 Å². The van der Waals surface area contributed by atoms with Gasteiger partial charge in [0.15, 0.2) is 0 Å². The van der Waals surface area contributed by atoms with Gasteiger partial charge in [0, 0.05) is 31.5 Å². The Morgan fingerprint density at radius 3 is 2.27 bits per heavy atom. The standard InChI is InChI=1S/C30H37F6NO3/c1-21(19-40-20-22-5-3-2-4-6-22)7-12-26(13-15-29(31,32)33)37-16-14-23(18-28(38)39)17-27(37)24-8-10-25(11-9-24)30(34,35)36/h2-6,8-11,21,23,26-27H,7,12-20H2,1H3,(H,38,39)/t21?,23-,26-,27+/m1/s1. The fourth-order valence-corrected chi connectivity index (χ4v) is 5.47. The van der Waals surface area contributed by atoms with Gasteiger partial charge < -0.3 is 9.84 Å². The number of carboxylic acid groups (broad SMARTS) is 1. The SMILES string of the molecule is CC(CC[C@H](CCC(F)(F)F)N1CC[C@@H](CC(=O)O)C[C@H]1c1ccc(C(F)(F)F)cc1)COCc1ccccc1. The van der Waals surface area contributed by atoms with Crippen LogP contribution in [0.25, 0.3) is 0 Å². The Kier molecular flexibility index (Phi) is 11.5. The third-order valence-corrected chi connectivity index (χ3v) is 7.58. The number of ether oxygens (including phenoxy) is 1. The molecule has 0 amide bonds. The van der Waals surface area contributed by atoms with Gasteiger partial charge >= 0.3 is 18.3 Å². The summed E-state index contributed by atoms with van der Waals surface area (Å²) in [4.78, 5) is 13.3. The van der Waals surface area contributed by atoms with Crippen LogP contribution in [0, 0.1) is 11.8 Å². The first-order valence-electron chi connectivity index (χ1n) is 13.6. The number of piperidine rings is 1. The number of likely N-dealkylation sites (tertiary alicyclic amines) is 1. The van der Waals surface area contributed by atoms with Gasteiger partial charge in [-0.15, -0.1) is 0 Å². The van der Waals surface area contributed by atoms with E-state index in [0.29, 0.717) is 51.0 Å². The fraction of sp³-hybridized carbons (Fsp3) is 0.567. The maximum Gasteiger partial charge on any atom is 0.416 e. The Morgan fingerprint density at radius 2 is 1.68 bits per heavy atom. The molecular formula is C30H37F6NO3.